The predicted molar refractivity (Wildman–Crippen MR) is 71.4 cm³/mol. The van der Waals surface area contributed by atoms with Gasteiger partial charge < -0.3 is 14.5 Å². The summed E-state index contributed by atoms with van der Waals surface area (Å²) in [5, 5.41) is 0. The van der Waals surface area contributed by atoms with Gasteiger partial charge in [-0.2, -0.15) is 0 Å². The minimum absolute atomic E-state index is 0.0193. The van der Waals surface area contributed by atoms with E-state index in [4.69, 9.17) is 4.74 Å². The van der Waals surface area contributed by atoms with Crippen LogP contribution >= 0.6 is 0 Å². The van der Waals surface area contributed by atoms with E-state index in [0.717, 1.165) is 32.5 Å². The normalized spacial score (nSPS) is 16.2. The zero-order valence-corrected chi connectivity index (χ0v) is 11.0. The third-order valence-corrected chi connectivity index (χ3v) is 3.25. The molecule has 0 unspecified atom stereocenters. The van der Waals surface area contributed by atoms with E-state index in [2.05, 4.69) is 4.90 Å². The number of ether oxygens (including phenoxy) is 1. The molecular weight excluding hydrogens is 244 g/mol. The molecule has 0 bridgehead atoms. The lowest BCUT2D eigenvalue weighted by atomic mass is 10.2. The lowest BCUT2D eigenvalue weighted by molar-refractivity contribution is -0.134. The Hall–Kier alpha value is -1.88. The summed E-state index contributed by atoms with van der Waals surface area (Å²) >= 11 is 0. The molecule has 2 rings (SSSR count). The van der Waals surface area contributed by atoms with Crippen molar-refractivity contribution in [2.45, 2.75) is 0 Å². The molecule has 5 nitrogen and oxygen atoms in total. The largest absolute Gasteiger partial charge is 0.483 e. The molecule has 1 fully saturated rings. The van der Waals surface area contributed by atoms with E-state index in [1.54, 1.807) is 29.2 Å². The average Bonchev–Trinajstić information content (AvgIpc) is 2.45. The molecule has 0 aromatic heterocycles. The smallest absolute Gasteiger partial charge is 0.260 e. The average molecular weight is 262 g/mol. The van der Waals surface area contributed by atoms with Crippen LogP contribution in [-0.2, 0) is 4.79 Å². The standard InChI is InChI=1S/C14H18N2O3/c1-15-6-8-16(9-7-15)14(18)11-19-13-5-3-2-4-12(13)10-17/h2-5,10H,6-9,11H2,1H3. The van der Waals surface area contributed by atoms with E-state index < -0.39 is 0 Å². The highest BCUT2D eigenvalue weighted by Crippen LogP contribution is 2.15. The number of hydrogen-bond donors (Lipinski definition) is 0. The number of para-hydroxylation sites is 1. The first-order valence-electron chi connectivity index (χ1n) is 6.34. The SMILES string of the molecule is CN1CCN(C(=O)COc2ccccc2C=O)CC1. The summed E-state index contributed by atoms with van der Waals surface area (Å²) in [7, 11) is 2.04. The van der Waals surface area contributed by atoms with E-state index in [1.807, 2.05) is 7.05 Å². The van der Waals surface area contributed by atoms with E-state index in [0.29, 0.717) is 11.3 Å². The Bertz CT molecular complexity index is 454. The van der Waals surface area contributed by atoms with Gasteiger partial charge in [0.25, 0.3) is 5.91 Å². The lowest BCUT2D eigenvalue weighted by Gasteiger charge is -2.32. The molecule has 1 heterocycles. The Morgan fingerprint density at radius 3 is 2.63 bits per heavy atom. The minimum atomic E-state index is -0.0335. The van der Waals surface area contributed by atoms with Gasteiger partial charge in [0.15, 0.2) is 12.9 Å². The summed E-state index contributed by atoms with van der Waals surface area (Å²) in [5.41, 5.74) is 0.466. The summed E-state index contributed by atoms with van der Waals surface area (Å²) in [6, 6.07) is 6.91. The molecule has 0 atom stereocenters. The van der Waals surface area contributed by atoms with Gasteiger partial charge >= 0.3 is 0 Å². The second kappa shape index (κ2) is 6.33. The van der Waals surface area contributed by atoms with Crippen molar-refractivity contribution in [3.63, 3.8) is 0 Å². The number of aldehydes is 1. The summed E-state index contributed by atoms with van der Waals surface area (Å²) < 4.78 is 5.43. The van der Waals surface area contributed by atoms with Crippen molar-refractivity contribution in [3.8, 4) is 5.75 Å². The van der Waals surface area contributed by atoms with Gasteiger partial charge in [-0.1, -0.05) is 12.1 Å². The van der Waals surface area contributed by atoms with Gasteiger partial charge in [0, 0.05) is 26.2 Å². The van der Waals surface area contributed by atoms with Crippen LogP contribution in [0.1, 0.15) is 10.4 Å². The van der Waals surface area contributed by atoms with Crippen LogP contribution in [0, 0.1) is 0 Å². The fourth-order valence-electron chi connectivity index (χ4n) is 2.00. The maximum atomic E-state index is 12.0. The van der Waals surface area contributed by atoms with Gasteiger partial charge in [0.1, 0.15) is 5.75 Å². The van der Waals surface area contributed by atoms with Gasteiger partial charge in [-0.25, -0.2) is 0 Å². The van der Waals surface area contributed by atoms with Crippen molar-refractivity contribution in [2.24, 2.45) is 0 Å². The van der Waals surface area contributed by atoms with E-state index in [9.17, 15) is 9.59 Å². The highest BCUT2D eigenvalue weighted by molar-refractivity contribution is 5.80. The maximum absolute atomic E-state index is 12.0. The molecule has 1 aliphatic heterocycles. The van der Waals surface area contributed by atoms with Crippen LogP contribution in [0.2, 0.25) is 0 Å². The summed E-state index contributed by atoms with van der Waals surface area (Å²) in [4.78, 5) is 26.8. The van der Waals surface area contributed by atoms with Crippen LogP contribution in [0.15, 0.2) is 24.3 Å². The van der Waals surface area contributed by atoms with Crippen LogP contribution in [0.25, 0.3) is 0 Å². The molecule has 1 aromatic rings. The molecule has 0 aliphatic carbocycles. The molecule has 1 saturated heterocycles. The van der Waals surface area contributed by atoms with Crippen LogP contribution in [0.5, 0.6) is 5.75 Å². The first kappa shape index (κ1) is 13.5. The van der Waals surface area contributed by atoms with Crippen molar-refractivity contribution in [3.05, 3.63) is 29.8 Å². The number of piperazine rings is 1. The third-order valence-electron chi connectivity index (χ3n) is 3.25. The van der Waals surface area contributed by atoms with Gasteiger partial charge in [-0.3, -0.25) is 9.59 Å². The van der Waals surface area contributed by atoms with Crippen LogP contribution in [0.3, 0.4) is 0 Å². The first-order valence-corrected chi connectivity index (χ1v) is 6.34. The van der Waals surface area contributed by atoms with Crippen molar-refractivity contribution >= 4 is 12.2 Å². The van der Waals surface area contributed by atoms with Crippen molar-refractivity contribution < 1.29 is 14.3 Å². The Morgan fingerprint density at radius 1 is 1.26 bits per heavy atom. The van der Waals surface area contributed by atoms with Crippen molar-refractivity contribution in [1.29, 1.82) is 0 Å². The topological polar surface area (TPSA) is 49.9 Å². The van der Waals surface area contributed by atoms with E-state index >= 15 is 0 Å². The molecule has 1 aromatic carbocycles. The van der Waals surface area contributed by atoms with Crippen molar-refractivity contribution in [2.75, 3.05) is 39.8 Å². The summed E-state index contributed by atoms with van der Waals surface area (Å²) in [6.07, 6.45) is 0.732. The predicted octanol–water partition coefficient (Wildman–Crippen LogP) is 0.652. The van der Waals surface area contributed by atoms with Gasteiger partial charge in [0.2, 0.25) is 0 Å². The van der Waals surface area contributed by atoms with Gasteiger partial charge in [-0.05, 0) is 19.2 Å². The number of carbonyl (C=O) groups is 2. The number of carbonyl (C=O) groups excluding carboxylic acids is 2. The first-order chi connectivity index (χ1) is 9.20. The lowest BCUT2D eigenvalue weighted by Crippen LogP contribution is -2.48. The number of likely N-dealkylation sites (N-methyl/N-ethyl adjacent to an activating group) is 1. The Balaban J connectivity index is 1.88. The van der Waals surface area contributed by atoms with Crippen LogP contribution in [-0.4, -0.2) is 61.8 Å². The highest BCUT2D eigenvalue weighted by Gasteiger charge is 2.19. The maximum Gasteiger partial charge on any atom is 0.260 e. The van der Waals surface area contributed by atoms with Crippen LogP contribution < -0.4 is 4.74 Å². The Kier molecular flexibility index (Phi) is 4.52. The molecule has 0 radical (unpaired) electrons. The van der Waals surface area contributed by atoms with E-state index in [-0.39, 0.29) is 12.5 Å². The third kappa shape index (κ3) is 3.54. The minimum Gasteiger partial charge on any atom is -0.483 e. The summed E-state index contributed by atoms with van der Waals surface area (Å²) in [5.74, 6) is 0.425. The van der Waals surface area contributed by atoms with Crippen LogP contribution in [0.4, 0.5) is 0 Å². The fourth-order valence-corrected chi connectivity index (χ4v) is 2.00. The fraction of sp³-hybridized carbons (Fsp3) is 0.429. The van der Waals surface area contributed by atoms with Gasteiger partial charge in [-0.15, -0.1) is 0 Å². The molecular formula is C14H18N2O3. The van der Waals surface area contributed by atoms with Gasteiger partial charge in [0.05, 0.1) is 5.56 Å². The van der Waals surface area contributed by atoms with E-state index in [1.165, 1.54) is 0 Å². The zero-order chi connectivity index (χ0) is 13.7. The molecule has 102 valence electrons. The monoisotopic (exact) mass is 262 g/mol. The number of amides is 1. The number of benzene rings is 1. The second-order valence-electron chi connectivity index (χ2n) is 4.63. The molecule has 0 saturated carbocycles. The molecule has 0 spiro atoms. The number of nitrogens with zero attached hydrogens (tertiary/aromatic N) is 2. The molecule has 1 amide bonds. The zero-order valence-electron chi connectivity index (χ0n) is 11.0. The highest BCUT2D eigenvalue weighted by atomic mass is 16.5. The quantitative estimate of drug-likeness (QED) is 0.748. The molecule has 5 heteroatoms. The number of rotatable bonds is 4. The van der Waals surface area contributed by atoms with Crippen molar-refractivity contribution in [1.82, 2.24) is 9.80 Å². The number of hydrogen-bond acceptors (Lipinski definition) is 4. The molecule has 19 heavy (non-hydrogen) atoms. The Labute approximate surface area is 112 Å². The molecule has 1 aliphatic rings. The Morgan fingerprint density at radius 2 is 1.95 bits per heavy atom. The summed E-state index contributed by atoms with van der Waals surface area (Å²) in [6.45, 7) is 3.21. The molecule has 0 N–H and O–H groups in total. The second-order valence-corrected chi connectivity index (χ2v) is 4.63.